The Morgan fingerprint density at radius 1 is 0.814 bits per heavy atom. The SMILES string of the molecule is C[C@@H]([C@H]1CC[C@H]2C3=C(CC[C@]12C)[C@@]12CO[C@](O)([C@@H](O)C1)C(C)(C)C2[C@@H](OS(=O)(=O)O)C3)[C@H]1C[C@@H]2C[C@@](C)(OC2(C)C)[C@H](CC[C@@H](C)[C@H]2CC[C@H]3C4=C(CC[C@]23C)[C@]23CC[C@@](O)(OC2)C(C)(C)C3=CC4)O1. The predicted molar refractivity (Wildman–Crippen MR) is 265 cm³/mol. The Morgan fingerprint density at radius 3 is 2.16 bits per heavy atom. The summed E-state index contributed by atoms with van der Waals surface area (Å²) in [6.07, 6.45) is 16.8. The monoisotopic (exact) mass is 993 g/mol. The minimum atomic E-state index is -4.81. The molecule has 6 saturated heterocycles. The lowest BCUT2D eigenvalue weighted by Crippen LogP contribution is -2.76. The fourth-order valence-electron chi connectivity index (χ4n) is 21.4. The lowest BCUT2D eigenvalue weighted by Gasteiger charge is -2.69. The molecule has 4 saturated carbocycles. The van der Waals surface area contributed by atoms with Crippen LogP contribution in [0.15, 0.2) is 33.9 Å². The normalized spacial score (nSPS) is 52.2. The van der Waals surface area contributed by atoms with Gasteiger partial charge in [0, 0.05) is 34.0 Å². The van der Waals surface area contributed by atoms with E-state index in [-0.39, 0.29) is 64.0 Å². The Labute approximate surface area is 419 Å². The van der Waals surface area contributed by atoms with Crippen molar-refractivity contribution in [2.24, 2.45) is 79.8 Å². The Kier molecular flexibility index (Phi) is 10.8. The Hall–Kier alpha value is -1.19. The van der Waals surface area contributed by atoms with E-state index in [0.717, 1.165) is 70.6 Å². The van der Waals surface area contributed by atoms with Gasteiger partial charge >= 0.3 is 10.4 Å². The second kappa shape index (κ2) is 15.3. The van der Waals surface area contributed by atoms with Gasteiger partial charge in [-0.3, -0.25) is 4.55 Å². The van der Waals surface area contributed by atoms with E-state index in [9.17, 15) is 28.3 Å². The van der Waals surface area contributed by atoms with Crippen LogP contribution in [0.4, 0.5) is 0 Å². The van der Waals surface area contributed by atoms with Crippen molar-refractivity contribution in [1.29, 1.82) is 0 Å². The van der Waals surface area contributed by atoms with Crippen molar-refractivity contribution < 1.29 is 51.4 Å². The van der Waals surface area contributed by atoms with E-state index in [2.05, 4.69) is 68.4 Å². The summed E-state index contributed by atoms with van der Waals surface area (Å²) in [7, 11) is -4.81. The summed E-state index contributed by atoms with van der Waals surface area (Å²) in [6, 6.07) is 0. The first-order valence-electron chi connectivity index (χ1n) is 28.1. The minimum Gasteiger partial charge on any atom is -0.387 e. The van der Waals surface area contributed by atoms with Crippen molar-refractivity contribution in [2.75, 3.05) is 13.2 Å². The van der Waals surface area contributed by atoms with Gasteiger partial charge in [0.15, 0.2) is 11.6 Å². The topological polar surface area (TPSA) is 161 Å². The highest BCUT2D eigenvalue weighted by atomic mass is 32.3. The van der Waals surface area contributed by atoms with Crippen LogP contribution in [0.2, 0.25) is 0 Å². The Morgan fingerprint density at radius 2 is 1.49 bits per heavy atom. The number of ether oxygens (including phenoxy) is 4. The quantitative estimate of drug-likeness (QED) is 0.135. The van der Waals surface area contributed by atoms with Crippen molar-refractivity contribution in [3.05, 3.63) is 33.9 Å². The first-order valence-corrected chi connectivity index (χ1v) is 29.4. The Balaban J connectivity index is 0.782. The van der Waals surface area contributed by atoms with Gasteiger partial charge in [-0.25, -0.2) is 4.18 Å². The molecule has 6 aliphatic heterocycles. The molecule has 0 amide bonds. The fraction of sp³-hybridized carbons (Fsp3) is 0.897. The molecule has 11 nitrogen and oxygen atoms in total. The van der Waals surface area contributed by atoms with Crippen LogP contribution in [0.5, 0.6) is 0 Å². The zero-order valence-corrected chi connectivity index (χ0v) is 45.3. The molecular weight excluding hydrogens is 905 g/mol. The maximum Gasteiger partial charge on any atom is 0.397 e. The number of hydrogen-bond donors (Lipinski definition) is 4. The average molecular weight is 993 g/mol. The average Bonchev–Trinajstić information content (AvgIpc) is 3.85. The van der Waals surface area contributed by atoms with Crippen LogP contribution in [0.1, 0.15) is 185 Å². The standard InChI is InChI=1S/C58H88O11S/c1-32(37-14-16-39-35-13-18-45-49(3,4)57(60)25-24-55(45,30-65-57)41(35)20-22-52(37,39)9)12-19-47-54(11)28-34(51(7,8)69-54)26-43(67-47)33(2)38-15-17-40-36-27-44(68-70(62,63)64)48-50(5,6)58(61)46(59)29-56(48,31-66-58)42(36)21-23-53(38,40)10/h18,32-34,37-40,43-44,46-48,59-61H,12-17,19-31H2,1-11H3,(H,62,63,64)/t32-,33+,34-,37-,38-,39+,40+,43-,44+,46+,47+,48?,52-,53-,54-,55+,56+,57-,58-/m1/s1. The van der Waals surface area contributed by atoms with Crippen molar-refractivity contribution in [3.8, 4) is 0 Å². The van der Waals surface area contributed by atoms with Crippen LogP contribution in [0.25, 0.3) is 0 Å². The summed E-state index contributed by atoms with van der Waals surface area (Å²) in [5, 5.41) is 34.8. The van der Waals surface area contributed by atoms with E-state index in [1.165, 1.54) is 36.0 Å². The third kappa shape index (κ3) is 6.39. The second-order valence-corrected chi connectivity index (χ2v) is 29.7. The smallest absolute Gasteiger partial charge is 0.387 e. The van der Waals surface area contributed by atoms with Crippen molar-refractivity contribution in [1.82, 2.24) is 0 Å². The van der Waals surface area contributed by atoms with Crippen LogP contribution in [0, 0.1) is 79.8 Å². The maximum atomic E-state index is 12.6. The molecule has 4 N–H and O–H groups in total. The maximum absolute atomic E-state index is 12.6. The molecule has 6 heterocycles. The highest BCUT2D eigenvalue weighted by molar-refractivity contribution is 7.80. The van der Waals surface area contributed by atoms with Crippen molar-refractivity contribution in [3.63, 3.8) is 0 Å². The first-order chi connectivity index (χ1) is 32.5. The second-order valence-electron chi connectivity index (χ2n) is 28.7. The molecule has 70 heavy (non-hydrogen) atoms. The van der Waals surface area contributed by atoms with Gasteiger partial charge in [0.05, 0.1) is 42.7 Å². The van der Waals surface area contributed by atoms with Crippen LogP contribution >= 0.6 is 0 Å². The van der Waals surface area contributed by atoms with E-state index < -0.39 is 50.9 Å². The molecule has 12 heteroatoms. The van der Waals surface area contributed by atoms with Gasteiger partial charge in [-0.05, 0) is 176 Å². The van der Waals surface area contributed by atoms with Crippen LogP contribution < -0.4 is 0 Å². The summed E-state index contributed by atoms with van der Waals surface area (Å²) in [6.45, 7) is 26.0. The highest BCUT2D eigenvalue weighted by Gasteiger charge is 2.75. The summed E-state index contributed by atoms with van der Waals surface area (Å²) in [4.78, 5) is 0. The molecule has 392 valence electrons. The largest absolute Gasteiger partial charge is 0.397 e. The van der Waals surface area contributed by atoms with Gasteiger partial charge in [-0.15, -0.1) is 0 Å². The molecule has 14 rings (SSSR count). The molecule has 10 fully saturated rings. The van der Waals surface area contributed by atoms with E-state index in [4.69, 9.17) is 23.1 Å². The molecule has 8 aliphatic carbocycles. The van der Waals surface area contributed by atoms with Gasteiger partial charge in [0.1, 0.15) is 6.10 Å². The third-order valence-electron chi connectivity index (χ3n) is 24.9. The van der Waals surface area contributed by atoms with Gasteiger partial charge in [0.25, 0.3) is 0 Å². The molecule has 0 aromatic carbocycles. The van der Waals surface area contributed by atoms with Crippen LogP contribution in [0.3, 0.4) is 0 Å². The lowest BCUT2D eigenvalue weighted by molar-refractivity contribution is -0.408. The number of fused-ring (bicyclic) bond motifs is 10. The third-order valence-corrected chi connectivity index (χ3v) is 25.4. The highest BCUT2D eigenvalue weighted by Crippen LogP contribution is 2.74. The van der Waals surface area contributed by atoms with Gasteiger partial charge in [-0.1, -0.05) is 89.3 Å². The number of allylic oxidation sites excluding steroid dienone is 2. The zero-order chi connectivity index (χ0) is 50.0. The predicted octanol–water partition coefficient (Wildman–Crippen LogP) is 10.6. The molecular formula is C58H88O11S. The van der Waals surface area contributed by atoms with Crippen molar-refractivity contribution in [2.45, 2.75) is 233 Å². The molecule has 6 bridgehead atoms. The summed E-state index contributed by atoms with van der Waals surface area (Å²) < 4.78 is 68.4. The van der Waals surface area contributed by atoms with Gasteiger partial charge in [-0.2, -0.15) is 8.42 Å². The van der Waals surface area contributed by atoms with E-state index >= 15 is 0 Å². The number of hydrogen-bond acceptors (Lipinski definition) is 10. The first kappa shape index (κ1) is 49.7. The molecule has 2 spiro atoms. The van der Waals surface area contributed by atoms with Gasteiger partial charge in [0.2, 0.25) is 0 Å². The van der Waals surface area contributed by atoms with Crippen LogP contribution in [-0.2, 0) is 33.5 Å². The van der Waals surface area contributed by atoms with E-state index in [1.54, 1.807) is 11.1 Å². The van der Waals surface area contributed by atoms with E-state index in [0.29, 0.717) is 55.0 Å². The Bertz CT molecular complexity index is 2410. The van der Waals surface area contributed by atoms with E-state index in [1.807, 2.05) is 13.8 Å². The minimum absolute atomic E-state index is 0.00938. The molecule has 1 unspecified atom stereocenters. The molecule has 0 radical (unpaired) electrons. The number of rotatable bonds is 8. The number of aliphatic hydroxyl groups excluding tert-OH is 1. The summed E-state index contributed by atoms with van der Waals surface area (Å²) >= 11 is 0. The summed E-state index contributed by atoms with van der Waals surface area (Å²) in [5.74, 6) is -0.282. The zero-order valence-electron chi connectivity index (χ0n) is 44.5. The van der Waals surface area contributed by atoms with Crippen LogP contribution in [-0.4, -0.2) is 88.7 Å². The molecule has 0 aromatic rings. The molecule has 19 atom stereocenters. The van der Waals surface area contributed by atoms with Crippen molar-refractivity contribution >= 4 is 10.4 Å². The van der Waals surface area contributed by atoms with Gasteiger partial charge < -0.3 is 34.3 Å². The molecule has 14 aliphatic rings. The molecule has 0 aromatic heterocycles. The fourth-order valence-corrected chi connectivity index (χ4v) is 21.9. The number of aliphatic hydroxyl groups is 3. The lowest BCUT2D eigenvalue weighted by atomic mass is 9.42. The summed E-state index contributed by atoms with van der Waals surface area (Å²) in [5.41, 5.74) is 4.81.